The van der Waals surface area contributed by atoms with E-state index in [-0.39, 0.29) is 0 Å². The smallest absolute Gasteiger partial charge is 0.142 e. The number of nitrogens with zero attached hydrogens (tertiary/aromatic N) is 4. The van der Waals surface area contributed by atoms with Crippen molar-refractivity contribution in [3.63, 3.8) is 0 Å². The van der Waals surface area contributed by atoms with Gasteiger partial charge in [-0.1, -0.05) is 0 Å². The minimum Gasteiger partial charge on any atom is -0.325 e. The van der Waals surface area contributed by atoms with Gasteiger partial charge in [0.2, 0.25) is 0 Å². The predicted molar refractivity (Wildman–Crippen MR) is 64.6 cm³/mol. The minimum atomic E-state index is 0.759. The van der Waals surface area contributed by atoms with Gasteiger partial charge < -0.3 is 4.57 Å². The Bertz CT molecular complexity index is 553. The molecule has 6 heteroatoms. The van der Waals surface area contributed by atoms with E-state index >= 15 is 0 Å². The van der Waals surface area contributed by atoms with Crippen LogP contribution >= 0.6 is 22.9 Å². The molecule has 3 rings (SSSR count). The molecule has 3 heterocycles. The van der Waals surface area contributed by atoms with E-state index in [1.165, 1.54) is 11.5 Å². The van der Waals surface area contributed by atoms with Crippen LogP contribution in [0, 0.1) is 0 Å². The Hall–Kier alpha value is -1.53. The number of rotatable bonds is 3. The van der Waals surface area contributed by atoms with Crippen molar-refractivity contribution in [3.05, 3.63) is 40.6 Å². The topological polar surface area (TPSA) is 43.6 Å². The van der Waals surface area contributed by atoms with Gasteiger partial charge in [-0.25, -0.2) is 14.3 Å². The van der Waals surface area contributed by atoms with Gasteiger partial charge in [-0.2, -0.15) is 0 Å². The fourth-order valence-corrected chi connectivity index (χ4v) is 2.57. The van der Waals surface area contributed by atoms with Crippen molar-refractivity contribution < 1.29 is 0 Å². The second-order valence-corrected chi connectivity index (χ2v) is 4.65. The molecule has 0 spiro atoms. The van der Waals surface area contributed by atoms with Crippen molar-refractivity contribution >= 4 is 22.9 Å². The minimum absolute atomic E-state index is 0.759. The molecule has 3 aromatic heterocycles. The molecule has 0 N–H and O–H groups in total. The highest BCUT2D eigenvalue weighted by Crippen LogP contribution is 2.19. The Morgan fingerprint density at radius 3 is 3.00 bits per heavy atom. The van der Waals surface area contributed by atoms with Crippen molar-refractivity contribution in [3.8, 4) is 11.4 Å². The van der Waals surface area contributed by atoms with Crippen molar-refractivity contribution in [1.29, 1.82) is 0 Å². The molecule has 0 unspecified atom stereocenters. The van der Waals surface area contributed by atoms with Gasteiger partial charge in [0, 0.05) is 28.7 Å². The first kappa shape index (κ1) is 9.68. The van der Waals surface area contributed by atoms with Crippen LogP contribution in [-0.2, 0) is 6.54 Å². The molecule has 3 aromatic rings. The quantitative estimate of drug-likeness (QED) is 0.715. The lowest BCUT2D eigenvalue weighted by Crippen LogP contribution is -2.00. The zero-order valence-corrected chi connectivity index (χ0v) is 9.91. The zero-order chi connectivity index (χ0) is 10.8. The largest absolute Gasteiger partial charge is 0.325 e. The summed E-state index contributed by atoms with van der Waals surface area (Å²) < 4.78 is 6.17. The lowest BCUT2D eigenvalue weighted by atomic mass is 10.3. The molecule has 0 saturated heterocycles. The van der Waals surface area contributed by atoms with E-state index in [4.69, 9.17) is 0 Å². The third-order valence-electron chi connectivity index (χ3n) is 2.22. The van der Waals surface area contributed by atoms with Gasteiger partial charge in [0.15, 0.2) is 0 Å². The highest BCUT2D eigenvalue weighted by molar-refractivity contribution is 7.07. The Balaban J connectivity index is 1.94. The van der Waals surface area contributed by atoms with Crippen LogP contribution in [0.25, 0.3) is 11.4 Å². The highest BCUT2D eigenvalue weighted by atomic mass is 32.1. The first-order chi connectivity index (χ1) is 7.93. The van der Waals surface area contributed by atoms with Crippen molar-refractivity contribution in [2.24, 2.45) is 0 Å². The maximum atomic E-state index is 4.34. The SMILES string of the molecule is c1cn(Cc2cscn2)c(-c2cnsc2)n1. The van der Waals surface area contributed by atoms with Crippen molar-refractivity contribution in [2.45, 2.75) is 6.54 Å². The maximum Gasteiger partial charge on any atom is 0.142 e. The number of aromatic nitrogens is 4. The summed E-state index contributed by atoms with van der Waals surface area (Å²) in [5, 5.41) is 4.05. The van der Waals surface area contributed by atoms with Crippen LogP contribution in [0.1, 0.15) is 5.69 Å². The van der Waals surface area contributed by atoms with E-state index < -0.39 is 0 Å². The summed E-state index contributed by atoms with van der Waals surface area (Å²) in [7, 11) is 0. The molecule has 0 saturated carbocycles. The number of hydrogen-bond donors (Lipinski definition) is 0. The third kappa shape index (κ3) is 1.77. The normalized spacial score (nSPS) is 10.8. The van der Waals surface area contributed by atoms with Crippen LogP contribution in [0.3, 0.4) is 0 Å². The Morgan fingerprint density at radius 2 is 2.25 bits per heavy atom. The van der Waals surface area contributed by atoms with E-state index in [0.29, 0.717) is 0 Å². The van der Waals surface area contributed by atoms with Gasteiger partial charge in [0.1, 0.15) is 5.82 Å². The monoisotopic (exact) mass is 248 g/mol. The molecule has 0 aliphatic heterocycles. The summed E-state index contributed by atoms with van der Waals surface area (Å²) in [4.78, 5) is 8.61. The second-order valence-electron chi connectivity index (χ2n) is 3.27. The molecule has 0 aliphatic carbocycles. The summed E-state index contributed by atoms with van der Waals surface area (Å²) in [6, 6.07) is 0. The third-order valence-corrected chi connectivity index (χ3v) is 3.44. The Kier molecular flexibility index (Phi) is 2.51. The van der Waals surface area contributed by atoms with Crippen LogP contribution in [0.4, 0.5) is 0 Å². The summed E-state index contributed by atoms with van der Waals surface area (Å²) >= 11 is 3.05. The van der Waals surface area contributed by atoms with Crippen LogP contribution in [0.2, 0.25) is 0 Å². The Morgan fingerprint density at radius 1 is 1.25 bits per heavy atom. The fourth-order valence-electron chi connectivity index (χ4n) is 1.50. The molecule has 0 aliphatic rings. The first-order valence-electron chi connectivity index (χ1n) is 4.71. The average Bonchev–Trinajstić information content (AvgIpc) is 2.98. The van der Waals surface area contributed by atoms with Gasteiger partial charge in [0.05, 0.1) is 23.9 Å². The van der Waals surface area contributed by atoms with Crippen LogP contribution in [-0.4, -0.2) is 18.9 Å². The molecule has 0 radical (unpaired) electrons. The van der Waals surface area contributed by atoms with E-state index in [0.717, 1.165) is 23.6 Å². The summed E-state index contributed by atoms with van der Waals surface area (Å²) in [6.07, 6.45) is 5.61. The van der Waals surface area contributed by atoms with E-state index in [1.807, 2.05) is 23.3 Å². The Labute approximate surface area is 100 Å². The average molecular weight is 248 g/mol. The molecular formula is C10H8N4S2. The highest BCUT2D eigenvalue weighted by Gasteiger charge is 2.07. The number of hydrogen-bond acceptors (Lipinski definition) is 5. The standard InChI is InChI=1S/C10H8N4S2/c1-2-14(4-9-6-15-7-12-9)10(11-1)8-3-13-16-5-8/h1-3,5-7H,4H2. The number of thiazole rings is 1. The summed E-state index contributed by atoms with van der Waals surface area (Å²) in [5.41, 5.74) is 3.97. The van der Waals surface area contributed by atoms with Crippen LogP contribution < -0.4 is 0 Å². The van der Waals surface area contributed by atoms with Gasteiger partial charge in [-0.3, -0.25) is 0 Å². The van der Waals surface area contributed by atoms with E-state index in [1.54, 1.807) is 17.5 Å². The molecule has 0 aromatic carbocycles. The van der Waals surface area contributed by atoms with Crippen LogP contribution in [0.15, 0.2) is 34.9 Å². The molecular weight excluding hydrogens is 240 g/mol. The number of imidazole rings is 1. The lowest BCUT2D eigenvalue weighted by molar-refractivity contribution is 0.788. The molecule has 0 bridgehead atoms. The lowest BCUT2D eigenvalue weighted by Gasteiger charge is -2.03. The van der Waals surface area contributed by atoms with Gasteiger partial charge in [0.25, 0.3) is 0 Å². The van der Waals surface area contributed by atoms with Crippen molar-refractivity contribution in [2.75, 3.05) is 0 Å². The predicted octanol–water partition coefficient (Wildman–Crippen LogP) is 2.51. The summed E-state index contributed by atoms with van der Waals surface area (Å²) in [6.45, 7) is 0.759. The molecule has 0 atom stereocenters. The molecule has 80 valence electrons. The maximum absolute atomic E-state index is 4.34. The van der Waals surface area contributed by atoms with E-state index in [9.17, 15) is 0 Å². The molecule has 4 nitrogen and oxygen atoms in total. The van der Waals surface area contributed by atoms with E-state index in [2.05, 4.69) is 24.3 Å². The molecule has 16 heavy (non-hydrogen) atoms. The van der Waals surface area contributed by atoms with Crippen LogP contribution in [0.5, 0.6) is 0 Å². The zero-order valence-electron chi connectivity index (χ0n) is 8.28. The summed E-state index contributed by atoms with van der Waals surface area (Å²) in [5.74, 6) is 0.946. The van der Waals surface area contributed by atoms with Gasteiger partial charge >= 0.3 is 0 Å². The van der Waals surface area contributed by atoms with Gasteiger partial charge in [-0.05, 0) is 11.5 Å². The fraction of sp³-hybridized carbons (Fsp3) is 0.100. The molecule has 0 fully saturated rings. The first-order valence-corrected chi connectivity index (χ1v) is 6.49. The second kappa shape index (κ2) is 4.15. The van der Waals surface area contributed by atoms with Crippen molar-refractivity contribution in [1.82, 2.24) is 18.9 Å². The van der Waals surface area contributed by atoms with Gasteiger partial charge in [-0.15, -0.1) is 11.3 Å². The molecule has 0 amide bonds.